The number of hydrogen-bond donors (Lipinski definition) is 1. The van der Waals surface area contributed by atoms with Gasteiger partial charge in [-0.25, -0.2) is 0 Å². The molecule has 0 unspecified atom stereocenters. The van der Waals surface area contributed by atoms with Gasteiger partial charge in [-0.1, -0.05) is 36.4 Å². The van der Waals surface area contributed by atoms with E-state index in [1.54, 1.807) is 14.2 Å². The van der Waals surface area contributed by atoms with Gasteiger partial charge < -0.3 is 24.8 Å². The molecule has 0 saturated carbocycles. The van der Waals surface area contributed by atoms with Gasteiger partial charge in [-0.3, -0.25) is 9.79 Å². The molecule has 2 aromatic rings. The van der Waals surface area contributed by atoms with Crippen LogP contribution in [0.15, 0.2) is 59.6 Å². The van der Waals surface area contributed by atoms with E-state index >= 15 is 0 Å². The van der Waals surface area contributed by atoms with Gasteiger partial charge >= 0.3 is 0 Å². The fourth-order valence-electron chi connectivity index (χ4n) is 3.67. The second kappa shape index (κ2) is 10.5. The van der Waals surface area contributed by atoms with Crippen LogP contribution in [-0.2, 0) is 11.3 Å². The lowest BCUT2D eigenvalue weighted by Crippen LogP contribution is -2.52. The van der Waals surface area contributed by atoms with Crippen molar-refractivity contribution in [2.24, 2.45) is 4.99 Å². The Morgan fingerprint density at radius 1 is 1.07 bits per heavy atom. The molecular weight excluding hydrogens is 378 g/mol. The zero-order valence-corrected chi connectivity index (χ0v) is 18.0. The van der Waals surface area contributed by atoms with Gasteiger partial charge in [-0.05, 0) is 18.2 Å². The molecule has 1 fully saturated rings. The van der Waals surface area contributed by atoms with E-state index in [9.17, 15) is 4.79 Å². The van der Waals surface area contributed by atoms with Crippen molar-refractivity contribution >= 4 is 17.6 Å². The van der Waals surface area contributed by atoms with E-state index in [2.05, 4.69) is 27.3 Å². The number of nitrogens with one attached hydrogen (secondary N) is 1. The van der Waals surface area contributed by atoms with Crippen molar-refractivity contribution in [1.29, 1.82) is 0 Å². The average molecular weight is 410 g/mol. The van der Waals surface area contributed by atoms with E-state index in [1.165, 1.54) is 5.69 Å². The number of para-hydroxylation sites is 2. The average Bonchev–Trinajstić information content (AvgIpc) is 2.80. The van der Waals surface area contributed by atoms with E-state index < -0.39 is 0 Å². The first-order valence-electron chi connectivity index (χ1n) is 10.2. The Kier molecular flexibility index (Phi) is 7.54. The molecule has 1 aliphatic heterocycles. The molecule has 7 nitrogen and oxygen atoms in total. The van der Waals surface area contributed by atoms with Crippen LogP contribution in [-0.4, -0.2) is 75.6 Å². The maximum atomic E-state index is 12.7. The Morgan fingerprint density at radius 2 is 1.73 bits per heavy atom. The number of methoxy groups -OCH3 is 1. The molecule has 7 heteroatoms. The normalized spacial score (nSPS) is 14.4. The Balaban J connectivity index is 1.48. The Morgan fingerprint density at radius 3 is 2.40 bits per heavy atom. The SMILES string of the molecule is CN=C(NCC(=O)N1CCN(c2ccccc2)CC1)N(C)Cc1ccccc1OC. The van der Waals surface area contributed by atoms with E-state index in [0.29, 0.717) is 12.5 Å². The fourth-order valence-corrected chi connectivity index (χ4v) is 3.67. The van der Waals surface area contributed by atoms with Crippen LogP contribution in [0.25, 0.3) is 0 Å². The number of piperazine rings is 1. The molecule has 0 radical (unpaired) electrons. The zero-order chi connectivity index (χ0) is 21.3. The van der Waals surface area contributed by atoms with Crippen molar-refractivity contribution in [3.8, 4) is 5.75 Å². The number of ether oxygens (including phenoxy) is 1. The van der Waals surface area contributed by atoms with Crippen molar-refractivity contribution in [2.75, 3.05) is 58.8 Å². The van der Waals surface area contributed by atoms with Crippen molar-refractivity contribution in [3.63, 3.8) is 0 Å². The first-order valence-corrected chi connectivity index (χ1v) is 10.2. The lowest BCUT2D eigenvalue weighted by molar-refractivity contribution is -0.130. The third-order valence-electron chi connectivity index (χ3n) is 5.32. The van der Waals surface area contributed by atoms with Gasteiger partial charge in [-0.15, -0.1) is 0 Å². The molecular formula is C23H31N5O2. The van der Waals surface area contributed by atoms with Crippen LogP contribution >= 0.6 is 0 Å². The number of carbonyl (C=O) groups is 1. The second-order valence-corrected chi connectivity index (χ2v) is 7.27. The lowest BCUT2D eigenvalue weighted by atomic mass is 10.2. The van der Waals surface area contributed by atoms with Crippen LogP contribution in [0.5, 0.6) is 5.75 Å². The van der Waals surface area contributed by atoms with E-state index in [0.717, 1.165) is 37.5 Å². The van der Waals surface area contributed by atoms with Gasteiger partial charge in [0.25, 0.3) is 0 Å². The minimum atomic E-state index is 0.0922. The predicted molar refractivity (Wildman–Crippen MR) is 121 cm³/mol. The molecule has 0 aliphatic carbocycles. The van der Waals surface area contributed by atoms with Crippen LogP contribution in [0.1, 0.15) is 5.56 Å². The van der Waals surface area contributed by atoms with Crippen LogP contribution in [0, 0.1) is 0 Å². The minimum absolute atomic E-state index is 0.0922. The number of anilines is 1. The van der Waals surface area contributed by atoms with E-state index in [-0.39, 0.29) is 12.5 Å². The number of amides is 1. The summed E-state index contributed by atoms with van der Waals surface area (Å²) in [7, 11) is 5.34. The lowest BCUT2D eigenvalue weighted by Gasteiger charge is -2.36. The molecule has 1 saturated heterocycles. The standard InChI is InChI=1S/C23H31N5O2/c1-24-23(26(2)18-19-9-7-8-12-21(19)30-3)25-17-22(29)28-15-13-27(14-16-28)20-10-5-4-6-11-20/h4-12H,13-18H2,1-3H3,(H,24,25). The summed E-state index contributed by atoms with van der Waals surface area (Å²) in [6, 6.07) is 18.2. The summed E-state index contributed by atoms with van der Waals surface area (Å²) in [5.41, 5.74) is 2.27. The van der Waals surface area contributed by atoms with Gasteiger partial charge in [0.1, 0.15) is 5.75 Å². The highest BCUT2D eigenvalue weighted by molar-refractivity contribution is 5.86. The summed E-state index contributed by atoms with van der Waals surface area (Å²) < 4.78 is 5.43. The van der Waals surface area contributed by atoms with Crippen LogP contribution in [0.2, 0.25) is 0 Å². The third-order valence-corrected chi connectivity index (χ3v) is 5.32. The van der Waals surface area contributed by atoms with Gasteiger partial charge in [0, 0.05) is 58.1 Å². The number of guanidine groups is 1. The largest absolute Gasteiger partial charge is 0.496 e. The fraction of sp³-hybridized carbons (Fsp3) is 0.391. The molecule has 0 aromatic heterocycles. The summed E-state index contributed by atoms with van der Waals surface area (Å²) in [6.45, 7) is 4.01. The number of aliphatic imine (C=N–C) groups is 1. The maximum Gasteiger partial charge on any atom is 0.242 e. The molecule has 3 rings (SSSR count). The summed E-state index contributed by atoms with van der Waals surface area (Å²) >= 11 is 0. The molecule has 1 heterocycles. The highest BCUT2D eigenvalue weighted by atomic mass is 16.5. The molecule has 0 bridgehead atoms. The summed E-state index contributed by atoms with van der Waals surface area (Å²) in [5.74, 6) is 1.61. The topological polar surface area (TPSA) is 60.4 Å². The van der Waals surface area contributed by atoms with Gasteiger partial charge in [0.05, 0.1) is 13.7 Å². The zero-order valence-electron chi connectivity index (χ0n) is 18.0. The van der Waals surface area contributed by atoms with Gasteiger partial charge in [0.2, 0.25) is 5.91 Å². The molecule has 1 aliphatic rings. The smallest absolute Gasteiger partial charge is 0.242 e. The van der Waals surface area contributed by atoms with Crippen LogP contribution < -0.4 is 15.0 Å². The minimum Gasteiger partial charge on any atom is -0.496 e. The molecule has 0 spiro atoms. The number of nitrogens with zero attached hydrogens (tertiary/aromatic N) is 4. The number of hydrogen-bond acceptors (Lipinski definition) is 4. The number of carbonyl (C=O) groups excluding carboxylic acids is 1. The molecule has 2 aromatic carbocycles. The molecule has 160 valence electrons. The van der Waals surface area contributed by atoms with Gasteiger partial charge in [-0.2, -0.15) is 0 Å². The van der Waals surface area contributed by atoms with Crippen molar-refractivity contribution in [1.82, 2.24) is 15.1 Å². The molecule has 30 heavy (non-hydrogen) atoms. The number of rotatable bonds is 6. The van der Waals surface area contributed by atoms with E-state index in [4.69, 9.17) is 4.74 Å². The Bertz CT molecular complexity index is 848. The van der Waals surface area contributed by atoms with Crippen molar-refractivity contribution in [3.05, 3.63) is 60.2 Å². The third kappa shape index (κ3) is 5.43. The molecule has 0 atom stereocenters. The number of benzene rings is 2. The highest BCUT2D eigenvalue weighted by Crippen LogP contribution is 2.19. The van der Waals surface area contributed by atoms with Gasteiger partial charge in [0.15, 0.2) is 5.96 Å². The Hall–Kier alpha value is -3.22. The van der Waals surface area contributed by atoms with Crippen molar-refractivity contribution in [2.45, 2.75) is 6.54 Å². The maximum absolute atomic E-state index is 12.7. The van der Waals surface area contributed by atoms with Crippen LogP contribution in [0.3, 0.4) is 0 Å². The first kappa shape index (κ1) is 21.5. The Labute approximate surface area is 178 Å². The molecule has 1 amide bonds. The summed E-state index contributed by atoms with van der Waals surface area (Å²) in [5, 5.41) is 3.20. The van der Waals surface area contributed by atoms with Crippen molar-refractivity contribution < 1.29 is 9.53 Å². The summed E-state index contributed by atoms with van der Waals surface area (Å²) in [4.78, 5) is 23.2. The molecule has 1 N–H and O–H groups in total. The predicted octanol–water partition coefficient (Wildman–Crippen LogP) is 2.05. The monoisotopic (exact) mass is 409 g/mol. The van der Waals surface area contributed by atoms with E-state index in [1.807, 2.05) is 59.3 Å². The first-order chi connectivity index (χ1) is 14.6. The highest BCUT2D eigenvalue weighted by Gasteiger charge is 2.21. The van der Waals surface area contributed by atoms with Crippen LogP contribution in [0.4, 0.5) is 5.69 Å². The summed E-state index contributed by atoms with van der Waals surface area (Å²) in [6.07, 6.45) is 0. The quantitative estimate of drug-likeness (QED) is 0.585. The second-order valence-electron chi connectivity index (χ2n) is 7.27.